The van der Waals surface area contributed by atoms with Crippen LogP contribution in [0.15, 0.2) is 42.5 Å². The van der Waals surface area contributed by atoms with E-state index >= 15 is 0 Å². The molecule has 0 aliphatic heterocycles. The van der Waals surface area contributed by atoms with Crippen LogP contribution in [0.25, 0.3) is 0 Å². The minimum absolute atomic E-state index is 0.0383. The number of carbonyl (C=O) groups excluding carboxylic acids is 1. The van der Waals surface area contributed by atoms with Gasteiger partial charge in [0.05, 0.1) is 22.1 Å². The highest BCUT2D eigenvalue weighted by atomic mass is 16.6. The Labute approximate surface area is 126 Å². The summed E-state index contributed by atoms with van der Waals surface area (Å²) in [6.45, 7) is 1.64. The van der Waals surface area contributed by atoms with E-state index in [9.17, 15) is 14.9 Å². The molecule has 0 aliphatic carbocycles. The van der Waals surface area contributed by atoms with Gasteiger partial charge in [0.1, 0.15) is 6.61 Å². The van der Waals surface area contributed by atoms with Crippen molar-refractivity contribution in [1.82, 2.24) is 0 Å². The van der Waals surface area contributed by atoms with Crippen LogP contribution in [-0.4, -0.2) is 10.9 Å². The van der Waals surface area contributed by atoms with Crippen molar-refractivity contribution in [3.05, 3.63) is 74.8 Å². The van der Waals surface area contributed by atoms with E-state index in [2.05, 4.69) is 0 Å². The molecule has 0 aliphatic rings. The van der Waals surface area contributed by atoms with Crippen LogP contribution >= 0.6 is 0 Å². The summed E-state index contributed by atoms with van der Waals surface area (Å²) in [6.07, 6.45) is 0. The third-order valence-corrected chi connectivity index (χ3v) is 3.08. The highest BCUT2D eigenvalue weighted by Crippen LogP contribution is 2.19. The van der Waals surface area contributed by atoms with Crippen LogP contribution in [0.5, 0.6) is 0 Å². The van der Waals surface area contributed by atoms with Gasteiger partial charge < -0.3 is 4.74 Å². The Kier molecular flexibility index (Phi) is 4.49. The van der Waals surface area contributed by atoms with Gasteiger partial charge in [-0.1, -0.05) is 12.1 Å². The number of nitrogens with zero attached hydrogens (tertiary/aromatic N) is 2. The van der Waals surface area contributed by atoms with Crippen molar-refractivity contribution in [2.45, 2.75) is 13.5 Å². The first-order valence-corrected chi connectivity index (χ1v) is 6.42. The molecule has 2 aromatic carbocycles. The topological polar surface area (TPSA) is 93.2 Å². The van der Waals surface area contributed by atoms with E-state index in [4.69, 9.17) is 10.00 Å². The second kappa shape index (κ2) is 6.50. The van der Waals surface area contributed by atoms with Gasteiger partial charge in [0.2, 0.25) is 0 Å². The van der Waals surface area contributed by atoms with Crippen LogP contribution in [0.1, 0.15) is 27.0 Å². The summed E-state index contributed by atoms with van der Waals surface area (Å²) < 4.78 is 5.15. The molecular weight excluding hydrogens is 284 g/mol. The fourth-order valence-electron chi connectivity index (χ4n) is 1.90. The number of nitriles is 1. The second-order valence-electron chi connectivity index (χ2n) is 4.64. The molecule has 22 heavy (non-hydrogen) atoms. The molecule has 0 spiro atoms. The molecule has 0 amide bonds. The average Bonchev–Trinajstić information content (AvgIpc) is 2.52. The van der Waals surface area contributed by atoms with Gasteiger partial charge in [-0.3, -0.25) is 10.1 Å². The number of aryl methyl sites for hydroxylation is 1. The largest absolute Gasteiger partial charge is 0.457 e. The molecule has 0 N–H and O–H groups in total. The first kappa shape index (κ1) is 15.2. The van der Waals surface area contributed by atoms with Gasteiger partial charge in [0.15, 0.2) is 0 Å². The van der Waals surface area contributed by atoms with Gasteiger partial charge in [0.25, 0.3) is 5.69 Å². The van der Waals surface area contributed by atoms with Crippen molar-refractivity contribution in [3.63, 3.8) is 0 Å². The van der Waals surface area contributed by atoms with Gasteiger partial charge in [-0.05, 0) is 36.8 Å². The summed E-state index contributed by atoms with van der Waals surface area (Å²) in [5.41, 5.74) is 1.91. The summed E-state index contributed by atoms with van der Waals surface area (Å²) >= 11 is 0. The number of nitro benzene ring substituents is 1. The zero-order chi connectivity index (χ0) is 16.1. The fourth-order valence-corrected chi connectivity index (χ4v) is 1.90. The first-order chi connectivity index (χ1) is 10.5. The van der Waals surface area contributed by atoms with Crippen LogP contribution in [0.4, 0.5) is 5.69 Å². The van der Waals surface area contributed by atoms with E-state index in [0.29, 0.717) is 11.1 Å². The highest BCUT2D eigenvalue weighted by molar-refractivity contribution is 5.90. The molecule has 0 unspecified atom stereocenters. The van der Waals surface area contributed by atoms with E-state index in [0.717, 1.165) is 5.56 Å². The molecule has 0 fully saturated rings. The molecule has 110 valence electrons. The maximum atomic E-state index is 11.9. The summed E-state index contributed by atoms with van der Waals surface area (Å²) in [7, 11) is 0. The van der Waals surface area contributed by atoms with E-state index in [1.165, 1.54) is 18.2 Å². The molecule has 0 atom stereocenters. The molecule has 0 bridgehead atoms. The average molecular weight is 296 g/mol. The summed E-state index contributed by atoms with van der Waals surface area (Å²) in [6, 6.07) is 12.8. The van der Waals surface area contributed by atoms with Gasteiger partial charge in [0, 0.05) is 11.6 Å². The van der Waals surface area contributed by atoms with Crippen LogP contribution in [-0.2, 0) is 11.3 Å². The van der Waals surface area contributed by atoms with Crippen LogP contribution < -0.4 is 0 Å². The number of esters is 1. The minimum Gasteiger partial charge on any atom is -0.457 e. The molecule has 0 saturated carbocycles. The van der Waals surface area contributed by atoms with E-state index in [-0.39, 0.29) is 17.9 Å². The minimum atomic E-state index is -0.553. The molecule has 6 heteroatoms. The van der Waals surface area contributed by atoms with Crippen LogP contribution in [0.2, 0.25) is 0 Å². The third-order valence-electron chi connectivity index (χ3n) is 3.08. The SMILES string of the molecule is Cc1cc(C(=O)OCc2ccc(C#N)cc2)ccc1[N+](=O)[O-]. The van der Waals surface area contributed by atoms with Gasteiger partial charge in [-0.2, -0.15) is 5.26 Å². The molecule has 0 radical (unpaired) electrons. The Morgan fingerprint density at radius 1 is 1.27 bits per heavy atom. The summed E-state index contributed by atoms with van der Waals surface area (Å²) in [4.78, 5) is 22.2. The Hall–Kier alpha value is -3.20. The lowest BCUT2D eigenvalue weighted by Crippen LogP contribution is -2.06. The maximum absolute atomic E-state index is 11.9. The van der Waals surface area contributed by atoms with Crippen molar-refractivity contribution in [3.8, 4) is 6.07 Å². The number of nitro groups is 1. The van der Waals surface area contributed by atoms with Gasteiger partial charge in [-0.25, -0.2) is 4.79 Å². The van der Waals surface area contributed by atoms with E-state index < -0.39 is 10.9 Å². The van der Waals surface area contributed by atoms with Crippen molar-refractivity contribution in [2.24, 2.45) is 0 Å². The summed E-state index contributed by atoms with van der Waals surface area (Å²) in [5, 5.41) is 19.4. The third kappa shape index (κ3) is 3.46. The van der Waals surface area contributed by atoms with Crippen LogP contribution in [0, 0.1) is 28.4 Å². The Morgan fingerprint density at radius 3 is 2.50 bits per heavy atom. The lowest BCUT2D eigenvalue weighted by molar-refractivity contribution is -0.385. The molecule has 0 saturated heterocycles. The summed E-state index contributed by atoms with van der Waals surface area (Å²) in [5.74, 6) is -0.553. The molecular formula is C16H12N2O4. The Balaban J connectivity index is 2.04. The van der Waals surface area contributed by atoms with Gasteiger partial charge in [-0.15, -0.1) is 0 Å². The number of rotatable bonds is 4. The predicted molar refractivity (Wildman–Crippen MR) is 78.1 cm³/mol. The zero-order valence-electron chi connectivity index (χ0n) is 11.8. The van der Waals surface area contributed by atoms with Crippen molar-refractivity contribution < 1.29 is 14.5 Å². The number of benzene rings is 2. The second-order valence-corrected chi connectivity index (χ2v) is 4.64. The predicted octanol–water partition coefficient (Wildman–Crippen LogP) is 3.13. The van der Waals surface area contributed by atoms with Crippen molar-refractivity contribution in [2.75, 3.05) is 0 Å². The molecule has 6 nitrogen and oxygen atoms in total. The number of carbonyl (C=O) groups is 1. The smallest absolute Gasteiger partial charge is 0.338 e. The number of hydrogen-bond donors (Lipinski definition) is 0. The normalized spacial score (nSPS) is 9.82. The molecule has 0 aromatic heterocycles. The lowest BCUT2D eigenvalue weighted by atomic mass is 10.1. The zero-order valence-corrected chi connectivity index (χ0v) is 11.8. The standard InChI is InChI=1S/C16H12N2O4/c1-11-8-14(6-7-15(11)18(20)21)16(19)22-10-13-4-2-12(9-17)3-5-13/h2-8H,10H2,1H3. The quantitative estimate of drug-likeness (QED) is 0.491. The fraction of sp³-hybridized carbons (Fsp3) is 0.125. The Bertz CT molecular complexity index is 761. The van der Waals surface area contributed by atoms with Crippen LogP contribution in [0.3, 0.4) is 0 Å². The Morgan fingerprint density at radius 2 is 1.95 bits per heavy atom. The lowest BCUT2D eigenvalue weighted by Gasteiger charge is -2.06. The number of hydrogen-bond acceptors (Lipinski definition) is 5. The van der Waals surface area contributed by atoms with E-state index in [1.807, 2.05) is 6.07 Å². The first-order valence-electron chi connectivity index (χ1n) is 6.42. The molecule has 2 rings (SSSR count). The monoisotopic (exact) mass is 296 g/mol. The van der Waals surface area contributed by atoms with Gasteiger partial charge >= 0.3 is 5.97 Å². The molecule has 2 aromatic rings. The van der Waals surface area contributed by atoms with Crippen molar-refractivity contribution in [1.29, 1.82) is 5.26 Å². The van der Waals surface area contributed by atoms with Crippen molar-refractivity contribution >= 4 is 11.7 Å². The molecule has 0 heterocycles. The number of ether oxygens (including phenoxy) is 1. The highest BCUT2D eigenvalue weighted by Gasteiger charge is 2.14. The van der Waals surface area contributed by atoms with E-state index in [1.54, 1.807) is 31.2 Å². The maximum Gasteiger partial charge on any atom is 0.338 e.